The van der Waals surface area contributed by atoms with Crippen LogP contribution in [-0.4, -0.2) is 35.1 Å². The number of anilines is 1. The number of carboxylic acids is 1. The van der Waals surface area contributed by atoms with Gasteiger partial charge in [-0.25, -0.2) is 9.78 Å². The van der Waals surface area contributed by atoms with Gasteiger partial charge in [-0.05, 0) is 44.5 Å². The van der Waals surface area contributed by atoms with Crippen LogP contribution in [0.5, 0.6) is 0 Å². The van der Waals surface area contributed by atoms with E-state index in [1.807, 2.05) is 0 Å². The fraction of sp³-hybridized carbons (Fsp3) is 0.533. The molecule has 0 unspecified atom stereocenters. The molecule has 1 saturated heterocycles. The molecule has 6 nitrogen and oxygen atoms in total. The van der Waals surface area contributed by atoms with Crippen molar-refractivity contribution < 1.29 is 14.7 Å². The Bertz CT molecular complexity index is 502. The van der Waals surface area contributed by atoms with Gasteiger partial charge in [0.2, 0.25) is 5.91 Å². The van der Waals surface area contributed by atoms with E-state index in [0.717, 1.165) is 38.8 Å². The van der Waals surface area contributed by atoms with E-state index in [-0.39, 0.29) is 17.0 Å². The Hall–Kier alpha value is -1.95. The molecule has 21 heavy (non-hydrogen) atoms. The fourth-order valence-electron chi connectivity index (χ4n) is 2.83. The van der Waals surface area contributed by atoms with Crippen molar-refractivity contribution in [2.75, 3.05) is 18.4 Å². The molecular formula is C15H21N3O3. The maximum atomic E-state index is 12.6. The molecule has 1 aromatic rings. The standard InChI is InChI=1S/C15H21N3O3/c1-2-5-15(6-8-16-9-7-15)14(21)18-11-3-4-12(13(19)20)17-10-11/h3-4,10,16H,2,5-9H2,1H3,(H,18,21)(H,19,20). The summed E-state index contributed by atoms with van der Waals surface area (Å²) in [7, 11) is 0. The van der Waals surface area contributed by atoms with E-state index in [4.69, 9.17) is 5.11 Å². The van der Waals surface area contributed by atoms with Gasteiger partial charge in [-0.1, -0.05) is 13.3 Å². The number of amides is 1. The van der Waals surface area contributed by atoms with Crippen molar-refractivity contribution in [2.45, 2.75) is 32.6 Å². The zero-order valence-electron chi connectivity index (χ0n) is 12.2. The minimum atomic E-state index is -1.08. The summed E-state index contributed by atoms with van der Waals surface area (Å²) < 4.78 is 0. The predicted molar refractivity (Wildman–Crippen MR) is 79.3 cm³/mol. The Morgan fingerprint density at radius 2 is 2.10 bits per heavy atom. The van der Waals surface area contributed by atoms with Gasteiger partial charge in [0.05, 0.1) is 17.3 Å². The SMILES string of the molecule is CCCC1(C(=O)Nc2ccc(C(=O)O)nc2)CCNCC1. The van der Waals surface area contributed by atoms with Crippen LogP contribution in [0, 0.1) is 5.41 Å². The first-order valence-electron chi connectivity index (χ1n) is 7.29. The molecule has 0 aliphatic carbocycles. The van der Waals surface area contributed by atoms with Crippen molar-refractivity contribution in [3.63, 3.8) is 0 Å². The number of aromatic carboxylic acids is 1. The molecular weight excluding hydrogens is 270 g/mol. The first-order chi connectivity index (χ1) is 10.1. The van der Waals surface area contributed by atoms with Crippen LogP contribution in [0.4, 0.5) is 5.69 Å². The highest BCUT2D eigenvalue weighted by Gasteiger charge is 2.38. The molecule has 3 N–H and O–H groups in total. The van der Waals surface area contributed by atoms with Gasteiger partial charge in [0.1, 0.15) is 5.69 Å². The number of hydrogen-bond acceptors (Lipinski definition) is 4. The van der Waals surface area contributed by atoms with Gasteiger partial charge in [-0.2, -0.15) is 0 Å². The molecule has 1 aliphatic rings. The number of aromatic nitrogens is 1. The zero-order chi connectivity index (χ0) is 15.3. The van der Waals surface area contributed by atoms with Crippen LogP contribution in [-0.2, 0) is 4.79 Å². The quantitative estimate of drug-likeness (QED) is 0.770. The van der Waals surface area contributed by atoms with Crippen molar-refractivity contribution in [3.05, 3.63) is 24.0 Å². The fourth-order valence-corrected chi connectivity index (χ4v) is 2.83. The second kappa shape index (κ2) is 6.67. The van der Waals surface area contributed by atoms with Crippen molar-refractivity contribution in [1.29, 1.82) is 0 Å². The van der Waals surface area contributed by atoms with E-state index in [0.29, 0.717) is 5.69 Å². The molecule has 0 radical (unpaired) electrons. The molecule has 6 heteroatoms. The highest BCUT2D eigenvalue weighted by molar-refractivity contribution is 5.95. The third-order valence-electron chi connectivity index (χ3n) is 4.01. The van der Waals surface area contributed by atoms with Crippen LogP contribution in [0.25, 0.3) is 0 Å². The van der Waals surface area contributed by atoms with Gasteiger partial charge in [-0.15, -0.1) is 0 Å². The topological polar surface area (TPSA) is 91.3 Å². The second-order valence-corrected chi connectivity index (χ2v) is 5.47. The van der Waals surface area contributed by atoms with Crippen LogP contribution in [0.15, 0.2) is 18.3 Å². The Kier molecular flexibility index (Phi) is 4.90. The zero-order valence-corrected chi connectivity index (χ0v) is 12.2. The molecule has 1 aliphatic heterocycles. The van der Waals surface area contributed by atoms with Crippen LogP contribution < -0.4 is 10.6 Å². The summed E-state index contributed by atoms with van der Waals surface area (Å²) in [5.74, 6) is -1.07. The lowest BCUT2D eigenvalue weighted by Crippen LogP contribution is -2.44. The highest BCUT2D eigenvalue weighted by atomic mass is 16.4. The van der Waals surface area contributed by atoms with Crippen molar-refractivity contribution in [1.82, 2.24) is 10.3 Å². The smallest absolute Gasteiger partial charge is 0.354 e. The van der Waals surface area contributed by atoms with Gasteiger partial charge in [0.15, 0.2) is 0 Å². The molecule has 114 valence electrons. The summed E-state index contributed by atoms with van der Waals surface area (Å²) in [5.41, 5.74) is 0.183. The van der Waals surface area contributed by atoms with Gasteiger partial charge in [0.25, 0.3) is 0 Å². The molecule has 1 amide bonds. The monoisotopic (exact) mass is 291 g/mol. The van der Waals surface area contributed by atoms with Gasteiger partial charge in [-0.3, -0.25) is 4.79 Å². The second-order valence-electron chi connectivity index (χ2n) is 5.47. The van der Waals surface area contributed by atoms with E-state index in [2.05, 4.69) is 22.5 Å². The third kappa shape index (κ3) is 3.58. The van der Waals surface area contributed by atoms with Crippen LogP contribution >= 0.6 is 0 Å². The molecule has 1 aromatic heterocycles. The number of nitrogens with one attached hydrogen (secondary N) is 2. The normalized spacial score (nSPS) is 17.2. The summed E-state index contributed by atoms with van der Waals surface area (Å²) in [4.78, 5) is 27.2. The maximum Gasteiger partial charge on any atom is 0.354 e. The van der Waals surface area contributed by atoms with E-state index >= 15 is 0 Å². The molecule has 0 atom stereocenters. The van der Waals surface area contributed by atoms with Gasteiger partial charge >= 0.3 is 5.97 Å². The van der Waals surface area contributed by atoms with Crippen LogP contribution in [0.2, 0.25) is 0 Å². The summed E-state index contributed by atoms with van der Waals surface area (Å²) in [6, 6.07) is 2.97. The molecule has 0 bridgehead atoms. The van der Waals surface area contributed by atoms with E-state index < -0.39 is 5.97 Å². The predicted octanol–water partition coefficient (Wildman–Crippen LogP) is 1.89. The summed E-state index contributed by atoms with van der Waals surface area (Å²) in [6.07, 6.45) is 4.87. The van der Waals surface area contributed by atoms with E-state index in [9.17, 15) is 9.59 Å². The molecule has 1 fully saturated rings. The number of pyridine rings is 1. The van der Waals surface area contributed by atoms with Gasteiger partial charge in [0, 0.05) is 0 Å². The Morgan fingerprint density at radius 1 is 1.38 bits per heavy atom. The number of nitrogens with zero attached hydrogens (tertiary/aromatic N) is 1. The van der Waals surface area contributed by atoms with E-state index in [1.54, 1.807) is 6.07 Å². The molecule has 0 saturated carbocycles. The van der Waals surface area contributed by atoms with Crippen molar-refractivity contribution in [2.24, 2.45) is 5.41 Å². The number of piperidine rings is 1. The Labute approximate surface area is 124 Å². The molecule has 2 rings (SSSR count). The summed E-state index contributed by atoms with van der Waals surface area (Å²) in [5, 5.41) is 15.0. The first kappa shape index (κ1) is 15.4. The largest absolute Gasteiger partial charge is 0.477 e. The average molecular weight is 291 g/mol. The van der Waals surface area contributed by atoms with E-state index in [1.165, 1.54) is 12.3 Å². The lowest BCUT2D eigenvalue weighted by Gasteiger charge is -2.36. The number of hydrogen-bond donors (Lipinski definition) is 3. The number of carbonyl (C=O) groups is 2. The lowest BCUT2D eigenvalue weighted by atomic mass is 9.74. The summed E-state index contributed by atoms with van der Waals surface area (Å²) >= 11 is 0. The number of carbonyl (C=O) groups excluding carboxylic acids is 1. The molecule has 0 aromatic carbocycles. The van der Waals surface area contributed by atoms with Gasteiger partial charge < -0.3 is 15.7 Å². The van der Waals surface area contributed by atoms with Crippen LogP contribution in [0.1, 0.15) is 43.1 Å². The number of rotatable bonds is 5. The number of carboxylic acid groups (broad SMARTS) is 1. The maximum absolute atomic E-state index is 12.6. The highest BCUT2D eigenvalue weighted by Crippen LogP contribution is 2.35. The average Bonchev–Trinajstić information content (AvgIpc) is 2.49. The minimum absolute atomic E-state index is 0.00993. The Balaban J connectivity index is 2.09. The molecule has 0 spiro atoms. The third-order valence-corrected chi connectivity index (χ3v) is 4.01. The van der Waals surface area contributed by atoms with Crippen molar-refractivity contribution >= 4 is 17.6 Å². The van der Waals surface area contributed by atoms with Crippen LogP contribution in [0.3, 0.4) is 0 Å². The van der Waals surface area contributed by atoms with Crippen molar-refractivity contribution in [3.8, 4) is 0 Å². The summed E-state index contributed by atoms with van der Waals surface area (Å²) in [6.45, 7) is 3.79. The molecule has 2 heterocycles. The lowest BCUT2D eigenvalue weighted by molar-refractivity contribution is -0.127. The minimum Gasteiger partial charge on any atom is -0.477 e. The Morgan fingerprint density at radius 3 is 2.62 bits per heavy atom. The first-order valence-corrected chi connectivity index (χ1v) is 7.29.